The van der Waals surface area contributed by atoms with Crippen LogP contribution in [0.3, 0.4) is 0 Å². The monoisotopic (exact) mass is 297 g/mol. The quantitative estimate of drug-likeness (QED) is 0.450. The number of nitrogens with zero attached hydrogens (tertiary/aromatic N) is 2. The van der Waals surface area contributed by atoms with Gasteiger partial charge in [-0.1, -0.05) is 0 Å². The Morgan fingerprint density at radius 3 is 2.86 bits per heavy atom. The minimum Gasteiger partial charge on any atom is -0.479 e. The molecule has 1 aliphatic carbocycles. The number of nitrogens with two attached hydrogens (primary N) is 1. The van der Waals surface area contributed by atoms with Crippen LogP contribution in [-0.2, 0) is 9.47 Å². The zero-order valence-corrected chi connectivity index (χ0v) is 12.0. The third-order valence-electron chi connectivity index (χ3n) is 3.32. The zero-order valence-electron chi connectivity index (χ0n) is 12.0. The van der Waals surface area contributed by atoms with Crippen molar-refractivity contribution in [2.75, 3.05) is 20.3 Å². The molecule has 21 heavy (non-hydrogen) atoms. The van der Waals surface area contributed by atoms with Gasteiger partial charge < -0.3 is 30.1 Å². The van der Waals surface area contributed by atoms with Gasteiger partial charge in [-0.2, -0.15) is 0 Å². The molecule has 0 bridgehead atoms. The molecule has 0 amide bonds. The average molecular weight is 297 g/mol. The number of aryl methyl sites for hydroxylation is 1. The summed E-state index contributed by atoms with van der Waals surface area (Å²) < 4.78 is 16.1. The molecule has 0 radical (unpaired) electrons. The van der Waals surface area contributed by atoms with Crippen LogP contribution in [0.4, 0.5) is 5.82 Å². The van der Waals surface area contributed by atoms with Crippen LogP contribution >= 0.6 is 0 Å². The highest BCUT2D eigenvalue weighted by atomic mass is 16.6. The van der Waals surface area contributed by atoms with Crippen molar-refractivity contribution in [2.24, 2.45) is 5.73 Å². The van der Waals surface area contributed by atoms with E-state index in [2.05, 4.69) is 4.98 Å². The predicted octanol–water partition coefficient (Wildman–Crippen LogP) is 0.808. The Morgan fingerprint density at radius 2 is 2.24 bits per heavy atom. The fourth-order valence-electron chi connectivity index (χ4n) is 2.15. The molecule has 0 saturated heterocycles. The number of pyridine rings is 1. The lowest BCUT2D eigenvalue weighted by Gasteiger charge is -2.41. The van der Waals surface area contributed by atoms with E-state index >= 15 is 0 Å². The van der Waals surface area contributed by atoms with E-state index in [4.69, 9.17) is 19.9 Å². The SMILES string of the molecule is COCCOC1C(N)CC1Oc1ccc(C)nc1[N+](=O)[O-]. The van der Waals surface area contributed by atoms with Crippen LogP contribution < -0.4 is 10.5 Å². The minimum atomic E-state index is -0.554. The van der Waals surface area contributed by atoms with Crippen molar-refractivity contribution < 1.29 is 19.1 Å². The maximum Gasteiger partial charge on any atom is 0.406 e. The summed E-state index contributed by atoms with van der Waals surface area (Å²) in [6.07, 6.45) is -0.0102. The Bertz CT molecular complexity index is 511. The molecular formula is C13H19N3O5. The summed E-state index contributed by atoms with van der Waals surface area (Å²) in [6, 6.07) is 3.09. The fourth-order valence-corrected chi connectivity index (χ4v) is 2.15. The molecule has 8 heteroatoms. The van der Waals surface area contributed by atoms with Crippen molar-refractivity contribution in [3.05, 3.63) is 27.9 Å². The number of methoxy groups -OCH3 is 1. The summed E-state index contributed by atoms with van der Waals surface area (Å²) in [6.45, 7) is 2.55. The molecule has 1 saturated carbocycles. The lowest BCUT2D eigenvalue weighted by Crippen LogP contribution is -2.59. The normalized spacial score (nSPS) is 24.4. The molecule has 2 rings (SSSR count). The maximum atomic E-state index is 11.0. The molecular weight excluding hydrogens is 278 g/mol. The Kier molecular flexibility index (Phi) is 5.05. The molecule has 0 spiro atoms. The Balaban J connectivity index is 2.03. The highest BCUT2D eigenvalue weighted by molar-refractivity contribution is 5.40. The van der Waals surface area contributed by atoms with Gasteiger partial charge in [0.15, 0.2) is 0 Å². The van der Waals surface area contributed by atoms with Gasteiger partial charge in [0.25, 0.3) is 0 Å². The third-order valence-corrected chi connectivity index (χ3v) is 3.32. The predicted molar refractivity (Wildman–Crippen MR) is 74.3 cm³/mol. The average Bonchev–Trinajstić information content (AvgIpc) is 2.44. The lowest BCUT2D eigenvalue weighted by molar-refractivity contribution is -0.391. The summed E-state index contributed by atoms with van der Waals surface area (Å²) in [7, 11) is 1.58. The molecule has 3 atom stereocenters. The maximum absolute atomic E-state index is 11.0. The van der Waals surface area contributed by atoms with Gasteiger partial charge in [-0.05, 0) is 22.0 Å². The minimum absolute atomic E-state index is 0.135. The third kappa shape index (κ3) is 3.66. The zero-order chi connectivity index (χ0) is 15.4. The Hall–Kier alpha value is -1.77. The van der Waals surface area contributed by atoms with Crippen LogP contribution in [0.5, 0.6) is 5.75 Å². The van der Waals surface area contributed by atoms with E-state index < -0.39 is 4.92 Å². The van der Waals surface area contributed by atoms with Crippen LogP contribution in [0, 0.1) is 17.0 Å². The summed E-state index contributed by atoms with van der Waals surface area (Å²) >= 11 is 0. The topological polar surface area (TPSA) is 110 Å². The standard InChI is InChI=1S/C13H19N3O5/c1-8-3-4-10(13(15-8)16(17)18)21-11-7-9(14)12(11)20-6-5-19-2/h3-4,9,11-12H,5-7,14H2,1-2H3. The van der Waals surface area contributed by atoms with E-state index in [9.17, 15) is 10.1 Å². The number of hydrogen-bond donors (Lipinski definition) is 1. The molecule has 116 valence electrons. The van der Waals surface area contributed by atoms with Gasteiger partial charge in [-0.15, -0.1) is 0 Å². The summed E-state index contributed by atoms with van der Waals surface area (Å²) in [5.41, 5.74) is 6.44. The molecule has 8 nitrogen and oxygen atoms in total. The van der Waals surface area contributed by atoms with Crippen molar-refractivity contribution in [2.45, 2.75) is 31.6 Å². The smallest absolute Gasteiger partial charge is 0.406 e. The summed E-state index contributed by atoms with van der Waals surface area (Å²) in [5.74, 6) is -0.144. The lowest BCUT2D eigenvalue weighted by atomic mass is 9.86. The number of rotatable bonds is 7. The first-order valence-electron chi connectivity index (χ1n) is 6.67. The molecule has 1 heterocycles. The second-order valence-corrected chi connectivity index (χ2v) is 4.92. The second kappa shape index (κ2) is 6.79. The van der Waals surface area contributed by atoms with Crippen molar-refractivity contribution in [1.29, 1.82) is 0 Å². The van der Waals surface area contributed by atoms with E-state index in [1.165, 1.54) is 0 Å². The van der Waals surface area contributed by atoms with Gasteiger partial charge in [0, 0.05) is 26.5 Å². The van der Waals surface area contributed by atoms with E-state index in [1.807, 2.05) is 0 Å². The summed E-state index contributed by atoms with van der Waals surface area (Å²) in [4.78, 5) is 14.3. The van der Waals surface area contributed by atoms with Gasteiger partial charge in [0.1, 0.15) is 17.9 Å². The first-order valence-corrected chi connectivity index (χ1v) is 6.67. The number of hydrogen-bond acceptors (Lipinski definition) is 7. The highest BCUT2D eigenvalue weighted by Crippen LogP contribution is 2.32. The van der Waals surface area contributed by atoms with Crippen LogP contribution in [0.1, 0.15) is 12.1 Å². The van der Waals surface area contributed by atoms with Crippen molar-refractivity contribution in [3.63, 3.8) is 0 Å². The molecule has 1 aromatic rings. The molecule has 3 unspecified atom stereocenters. The van der Waals surface area contributed by atoms with Crippen LogP contribution in [-0.4, -0.2) is 48.5 Å². The first-order chi connectivity index (χ1) is 10.0. The van der Waals surface area contributed by atoms with Crippen molar-refractivity contribution >= 4 is 5.82 Å². The van der Waals surface area contributed by atoms with Gasteiger partial charge in [0.05, 0.1) is 13.2 Å². The van der Waals surface area contributed by atoms with Crippen molar-refractivity contribution in [3.8, 4) is 5.75 Å². The van der Waals surface area contributed by atoms with E-state index in [-0.39, 0.29) is 29.8 Å². The van der Waals surface area contributed by atoms with Crippen molar-refractivity contribution in [1.82, 2.24) is 4.98 Å². The number of ether oxygens (including phenoxy) is 3. The highest BCUT2D eigenvalue weighted by Gasteiger charge is 2.42. The summed E-state index contributed by atoms with van der Waals surface area (Å²) in [5, 5.41) is 11.0. The number of aromatic nitrogens is 1. The molecule has 2 N–H and O–H groups in total. The molecule has 0 aliphatic heterocycles. The van der Waals surface area contributed by atoms with Crippen LogP contribution in [0.2, 0.25) is 0 Å². The first kappa shape index (κ1) is 15.6. The van der Waals surface area contributed by atoms with E-state index in [0.717, 1.165) is 0 Å². The van der Waals surface area contributed by atoms with Gasteiger partial charge in [-0.3, -0.25) is 0 Å². The molecule has 0 aromatic carbocycles. The Labute approximate surface area is 122 Å². The number of nitro groups is 1. The van der Waals surface area contributed by atoms with Gasteiger partial charge in [0.2, 0.25) is 5.75 Å². The Morgan fingerprint density at radius 1 is 1.48 bits per heavy atom. The largest absolute Gasteiger partial charge is 0.479 e. The molecule has 1 aliphatic rings. The van der Waals surface area contributed by atoms with E-state index in [1.54, 1.807) is 26.2 Å². The van der Waals surface area contributed by atoms with Crippen LogP contribution in [0.25, 0.3) is 0 Å². The van der Waals surface area contributed by atoms with Gasteiger partial charge >= 0.3 is 5.82 Å². The van der Waals surface area contributed by atoms with Gasteiger partial charge in [-0.25, -0.2) is 0 Å². The fraction of sp³-hybridized carbons (Fsp3) is 0.615. The second-order valence-electron chi connectivity index (χ2n) is 4.92. The molecule has 1 fully saturated rings. The van der Waals surface area contributed by atoms with Crippen LogP contribution in [0.15, 0.2) is 12.1 Å². The molecule has 1 aromatic heterocycles. The van der Waals surface area contributed by atoms with E-state index in [0.29, 0.717) is 25.3 Å².